The van der Waals surface area contributed by atoms with Gasteiger partial charge in [0, 0.05) is 0 Å². The lowest BCUT2D eigenvalue weighted by molar-refractivity contribution is 1.17. The summed E-state index contributed by atoms with van der Waals surface area (Å²) in [4.78, 5) is 18.6. The molecule has 1 aromatic heterocycles. The van der Waals surface area contributed by atoms with Gasteiger partial charge in [0.25, 0.3) is 5.56 Å². The van der Waals surface area contributed by atoms with Crippen molar-refractivity contribution in [2.24, 2.45) is 0 Å². The van der Waals surface area contributed by atoms with Crippen LogP contribution in [0.4, 0.5) is 0 Å². The van der Waals surface area contributed by atoms with Crippen LogP contribution < -0.4 is 5.56 Å². The van der Waals surface area contributed by atoms with Gasteiger partial charge in [-0.3, -0.25) is 4.79 Å². The molecule has 0 unspecified atom stereocenters. The zero-order chi connectivity index (χ0) is 13.4. The van der Waals surface area contributed by atoms with Crippen LogP contribution in [-0.2, 0) is 0 Å². The van der Waals surface area contributed by atoms with Crippen molar-refractivity contribution in [2.45, 2.75) is 13.8 Å². The average molecular weight is 250 g/mol. The van der Waals surface area contributed by atoms with Crippen LogP contribution in [0.5, 0.6) is 0 Å². The molecule has 2 aromatic carbocycles. The van der Waals surface area contributed by atoms with Crippen molar-refractivity contribution in [1.29, 1.82) is 0 Å². The number of rotatable bonds is 1. The van der Waals surface area contributed by atoms with Crippen LogP contribution in [0.15, 0.2) is 47.5 Å². The lowest BCUT2D eigenvalue weighted by Gasteiger charge is -2.10. The van der Waals surface area contributed by atoms with E-state index in [-0.39, 0.29) is 5.56 Å². The van der Waals surface area contributed by atoms with Crippen LogP contribution in [-0.4, -0.2) is 9.97 Å². The maximum absolute atomic E-state index is 11.8. The smallest absolute Gasteiger partial charge is 0.258 e. The molecule has 0 saturated heterocycles. The van der Waals surface area contributed by atoms with Gasteiger partial charge in [0.1, 0.15) is 0 Å². The second kappa shape index (κ2) is 4.35. The Hall–Kier alpha value is -2.42. The van der Waals surface area contributed by atoms with Gasteiger partial charge >= 0.3 is 0 Å². The highest BCUT2D eigenvalue weighted by molar-refractivity contribution is 5.85. The Morgan fingerprint density at radius 3 is 2.53 bits per heavy atom. The zero-order valence-electron chi connectivity index (χ0n) is 10.9. The molecule has 0 aliphatic rings. The van der Waals surface area contributed by atoms with Crippen molar-refractivity contribution < 1.29 is 0 Å². The first-order valence-electron chi connectivity index (χ1n) is 6.21. The van der Waals surface area contributed by atoms with Gasteiger partial charge in [-0.2, -0.15) is 0 Å². The molecular weight excluding hydrogens is 236 g/mol. The Labute approximate surface area is 111 Å². The summed E-state index contributed by atoms with van der Waals surface area (Å²) in [5.74, 6) is 0. The number of fused-ring (bicyclic) bond motifs is 1. The molecular formula is C16H14N2O. The van der Waals surface area contributed by atoms with Crippen molar-refractivity contribution in [1.82, 2.24) is 9.97 Å². The minimum absolute atomic E-state index is 0.0990. The lowest BCUT2D eigenvalue weighted by atomic mass is 9.95. The summed E-state index contributed by atoms with van der Waals surface area (Å²) in [5, 5.41) is 0.627. The number of nitrogens with zero attached hydrogens (tertiary/aromatic N) is 1. The van der Waals surface area contributed by atoms with Gasteiger partial charge in [-0.25, -0.2) is 4.98 Å². The molecule has 0 bridgehead atoms. The number of H-pyrrole nitrogens is 1. The second-order valence-corrected chi connectivity index (χ2v) is 4.73. The highest BCUT2D eigenvalue weighted by atomic mass is 16.1. The molecule has 0 saturated carbocycles. The summed E-state index contributed by atoms with van der Waals surface area (Å²) < 4.78 is 0. The van der Waals surface area contributed by atoms with Gasteiger partial charge in [-0.15, -0.1) is 0 Å². The van der Waals surface area contributed by atoms with Crippen molar-refractivity contribution in [3.63, 3.8) is 0 Å². The molecule has 0 fully saturated rings. The molecule has 1 heterocycles. The van der Waals surface area contributed by atoms with Crippen LogP contribution in [0.3, 0.4) is 0 Å². The van der Waals surface area contributed by atoms with Crippen molar-refractivity contribution >= 4 is 10.9 Å². The molecule has 3 aromatic rings. The summed E-state index contributed by atoms with van der Waals surface area (Å²) >= 11 is 0. The fourth-order valence-corrected chi connectivity index (χ4v) is 2.49. The Morgan fingerprint density at radius 1 is 1.05 bits per heavy atom. The summed E-state index contributed by atoms with van der Waals surface area (Å²) in [6.45, 7) is 4.17. The minimum Gasteiger partial charge on any atom is -0.313 e. The topological polar surface area (TPSA) is 45.8 Å². The molecule has 0 amide bonds. The standard InChI is InChI=1S/C16H14N2O/c1-10-4-3-5-11(2)15(10)12-6-7-14-13(8-12)16(19)18-9-17-14/h3-9H,1-2H3,(H,17,18,19). The van der Waals surface area contributed by atoms with Gasteiger partial charge < -0.3 is 4.98 Å². The molecule has 0 atom stereocenters. The summed E-state index contributed by atoms with van der Waals surface area (Å²) in [6, 6.07) is 12.0. The van der Waals surface area contributed by atoms with E-state index in [1.165, 1.54) is 23.0 Å². The number of nitrogens with one attached hydrogen (secondary N) is 1. The predicted octanol–water partition coefficient (Wildman–Crippen LogP) is 3.21. The lowest BCUT2D eigenvalue weighted by Crippen LogP contribution is -2.06. The van der Waals surface area contributed by atoms with Gasteiger partial charge in [-0.05, 0) is 48.2 Å². The van der Waals surface area contributed by atoms with Gasteiger partial charge in [0.2, 0.25) is 0 Å². The van der Waals surface area contributed by atoms with Crippen molar-refractivity contribution in [3.05, 3.63) is 64.2 Å². The van der Waals surface area contributed by atoms with E-state index in [1.54, 1.807) is 0 Å². The molecule has 94 valence electrons. The highest BCUT2D eigenvalue weighted by Gasteiger charge is 2.07. The number of benzene rings is 2. The predicted molar refractivity (Wildman–Crippen MR) is 77.3 cm³/mol. The van der Waals surface area contributed by atoms with Crippen LogP contribution in [0, 0.1) is 13.8 Å². The van der Waals surface area contributed by atoms with E-state index in [4.69, 9.17) is 0 Å². The molecule has 0 aliphatic carbocycles. The minimum atomic E-state index is -0.0990. The molecule has 19 heavy (non-hydrogen) atoms. The number of hydrogen-bond acceptors (Lipinski definition) is 2. The fourth-order valence-electron chi connectivity index (χ4n) is 2.49. The van der Waals surface area contributed by atoms with Crippen LogP contribution in [0.1, 0.15) is 11.1 Å². The first-order chi connectivity index (χ1) is 9.16. The summed E-state index contributed by atoms with van der Waals surface area (Å²) in [7, 11) is 0. The van der Waals surface area contributed by atoms with Crippen LogP contribution >= 0.6 is 0 Å². The van der Waals surface area contributed by atoms with E-state index in [0.29, 0.717) is 5.39 Å². The first kappa shape index (κ1) is 11.7. The molecule has 3 nitrogen and oxygen atoms in total. The molecule has 3 rings (SSSR count). The van der Waals surface area contributed by atoms with E-state index in [0.717, 1.165) is 11.1 Å². The molecule has 0 aliphatic heterocycles. The van der Waals surface area contributed by atoms with Crippen LogP contribution in [0.2, 0.25) is 0 Å². The third-order valence-corrected chi connectivity index (χ3v) is 3.41. The molecule has 3 heteroatoms. The zero-order valence-corrected chi connectivity index (χ0v) is 10.9. The first-order valence-corrected chi connectivity index (χ1v) is 6.21. The second-order valence-electron chi connectivity index (χ2n) is 4.73. The number of aromatic amines is 1. The third kappa shape index (κ3) is 1.93. The summed E-state index contributed by atoms with van der Waals surface area (Å²) in [6.07, 6.45) is 1.43. The Kier molecular flexibility index (Phi) is 2.67. The maximum Gasteiger partial charge on any atom is 0.258 e. The quantitative estimate of drug-likeness (QED) is 0.720. The van der Waals surface area contributed by atoms with Gasteiger partial charge in [0.15, 0.2) is 0 Å². The Bertz CT molecular complexity index is 798. The maximum atomic E-state index is 11.8. The number of aromatic nitrogens is 2. The average Bonchev–Trinajstić information content (AvgIpc) is 2.39. The molecule has 0 spiro atoms. The van der Waals surface area contributed by atoms with E-state index < -0.39 is 0 Å². The van der Waals surface area contributed by atoms with Gasteiger partial charge in [-0.1, -0.05) is 24.3 Å². The Morgan fingerprint density at radius 2 is 1.79 bits per heavy atom. The van der Waals surface area contributed by atoms with Crippen LogP contribution in [0.25, 0.3) is 22.0 Å². The third-order valence-electron chi connectivity index (χ3n) is 3.41. The van der Waals surface area contributed by atoms with E-state index in [9.17, 15) is 4.79 Å². The number of hydrogen-bond donors (Lipinski definition) is 1. The fraction of sp³-hybridized carbons (Fsp3) is 0.125. The summed E-state index contributed by atoms with van der Waals surface area (Å²) in [5.41, 5.74) is 5.28. The van der Waals surface area contributed by atoms with Gasteiger partial charge in [0.05, 0.1) is 17.2 Å². The molecule has 0 radical (unpaired) electrons. The normalized spacial score (nSPS) is 10.8. The van der Waals surface area contributed by atoms with E-state index >= 15 is 0 Å². The highest BCUT2D eigenvalue weighted by Crippen LogP contribution is 2.28. The monoisotopic (exact) mass is 250 g/mol. The Balaban J connectivity index is 2.32. The van der Waals surface area contributed by atoms with Crippen molar-refractivity contribution in [2.75, 3.05) is 0 Å². The largest absolute Gasteiger partial charge is 0.313 e. The van der Waals surface area contributed by atoms with E-state index in [2.05, 4.69) is 35.9 Å². The number of aryl methyl sites for hydroxylation is 2. The SMILES string of the molecule is Cc1cccc(C)c1-c1ccc2nc[nH]c(=O)c2c1. The van der Waals surface area contributed by atoms with Crippen molar-refractivity contribution in [3.8, 4) is 11.1 Å². The molecule has 1 N–H and O–H groups in total. The van der Waals surface area contributed by atoms with E-state index in [1.807, 2.05) is 24.3 Å².